The molecule has 0 spiro atoms. The van der Waals surface area contributed by atoms with Crippen molar-refractivity contribution in [1.82, 2.24) is 10.2 Å². The zero-order valence-corrected chi connectivity index (χ0v) is 18.9. The zero-order valence-electron chi connectivity index (χ0n) is 18.0. The molecule has 1 fully saturated rings. The second kappa shape index (κ2) is 10.6. The summed E-state index contributed by atoms with van der Waals surface area (Å²) in [6, 6.07) is 16.4. The number of nitrogens with zero attached hydrogens (tertiary/aromatic N) is 1. The molecule has 2 heterocycles. The molecule has 1 atom stereocenters. The first-order valence-electron chi connectivity index (χ1n) is 10.9. The molecular weight excluding hydrogens is 441 g/mol. The van der Waals surface area contributed by atoms with Gasteiger partial charge in [0.2, 0.25) is 11.8 Å². The number of benzene rings is 2. The van der Waals surface area contributed by atoms with Crippen LogP contribution in [0, 0.1) is 11.7 Å². The van der Waals surface area contributed by atoms with Crippen molar-refractivity contribution in [3.05, 3.63) is 82.3 Å². The number of phenols is 1. The Kier molecular flexibility index (Phi) is 7.36. The standard InChI is InChI=1S/C25H26FN3O3S/c26-19-9-7-17(8-10-19)24(22-6-3-15-33-22)28-23(31)16-29-13-11-18(12-14-29)25(32)27-20-4-1-2-5-21(20)30/h1-10,15,18,24,30H,11-14,16H2,(H,27,32)(H,28,31)/t24-/m0/s1. The van der Waals surface area contributed by atoms with Gasteiger partial charge in [0.25, 0.3) is 0 Å². The summed E-state index contributed by atoms with van der Waals surface area (Å²) in [5, 5.41) is 17.7. The number of para-hydroxylation sites is 2. The molecular formula is C25H26FN3O3S. The number of phenolic OH excluding ortho intramolecular Hbond substituents is 1. The summed E-state index contributed by atoms with van der Waals surface area (Å²) < 4.78 is 13.4. The Morgan fingerprint density at radius 2 is 1.79 bits per heavy atom. The zero-order chi connectivity index (χ0) is 23.2. The molecule has 6 nitrogen and oxygen atoms in total. The van der Waals surface area contributed by atoms with Gasteiger partial charge in [0, 0.05) is 10.8 Å². The number of thiophene rings is 1. The summed E-state index contributed by atoms with van der Waals surface area (Å²) >= 11 is 1.54. The number of amides is 2. The van der Waals surface area contributed by atoms with E-state index in [2.05, 4.69) is 10.6 Å². The molecule has 0 saturated carbocycles. The molecule has 0 bridgehead atoms. The van der Waals surface area contributed by atoms with Gasteiger partial charge in [-0.2, -0.15) is 0 Å². The van der Waals surface area contributed by atoms with Crippen molar-refractivity contribution >= 4 is 28.8 Å². The van der Waals surface area contributed by atoms with E-state index < -0.39 is 0 Å². The lowest BCUT2D eigenvalue weighted by Gasteiger charge is -2.31. The number of rotatable bonds is 7. The SMILES string of the molecule is O=C(CN1CCC(C(=O)Nc2ccccc2O)CC1)N[C@@H](c1ccc(F)cc1)c1cccs1. The second-order valence-corrected chi connectivity index (χ2v) is 9.10. The lowest BCUT2D eigenvalue weighted by molar-refractivity contribution is -0.123. The highest BCUT2D eigenvalue weighted by molar-refractivity contribution is 7.10. The number of hydrogen-bond donors (Lipinski definition) is 3. The monoisotopic (exact) mass is 467 g/mol. The van der Waals surface area contributed by atoms with Gasteiger partial charge >= 0.3 is 0 Å². The fraction of sp³-hybridized carbons (Fsp3) is 0.280. The van der Waals surface area contributed by atoms with Gasteiger partial charge in [-0.05, 0) is 67.2 Å². The number of likely N-dealkylation sites (tertiary alicyclic amines) is 1. The van der Waals surface area contributed by atoms with Crippen LogP contribution in [-0.4, -0.2) is 41.5 Å². The average Bonchev–Trinajstić information content (AvgIpc) is 3.35. The Hall–Kier alpha value is -3.23. The molecule has 3 aromatic rings. The largest absolute Gasteiger partial charge is 0.506 e. The van der Waals surface area contributed by atoms with E-state index in [-0.39, 0.29) is 41.9 Å². The van der Waals surface area contributed by atoms with Gasteiger partial charge in [0.05, 0.1) is 18.3 Å². The molecule has 1 aliphatic heterocycles. The molecule has 1 aromatic heterocycles. The summed E-state index contributed by atoms with van der Waals surface area (Å²) in [5.41, 5.74) is 1.23. The Labute approximate surface area is 196 Å². The minimum Gasteiger partial charge on any atom is -0.506 e. The Balaban J connectivity index is 1.30. The summed E-state index contributed by atoms with van der Waals surface area (Å²) in [5.74, 6) is -0.669. The first kappa shape index (κ1) is 22.9. The van der Waals surface area contributed by atoms with Gasteiger partial charge in [-0.15, -0.1) is 11.3 Å². The predicted octanol–water partition coefficient (Wildman–Crippen LogP) is 4.15. The van der Waals surface area contributed by atoms with Crippen LogP contribution in [0.2, 0.25) is 0 Å². The third-order valence-electron chi connectivity index (χ3n) is 5.82. The van der Waals surface area contributed by atoms with Crippen molar-refractivity contribution in [3.63, 3.8) is 0 Å². The summed E-state index contributed by atoms with van der Waals surface area (Å²) in [6.07, 6.45) is 1.28. The maximum Gasteiger partial charge on any atom is 0.234 e. The van der Waals surface area contributed by atoms with Crippen LogP contribution in [0.5, 0.6) is 5.75 Å². The van der Waals surface area contributed by atoms with Crippen LogP contribution in [0.25, 0.3) is 0 Å². The second-order valence-electron chi connectivity index (χ2n) is 8.12. The topological polar surface area (TPSA) is 81.7 Å². The van der Waals surface area contributed by atoms with Crippen molar-refractivity contribution in [3.8, 4) is 5.75 Å². The lowest BCUT2D eigenvalue weighted by Crippen LogP contribution is -2.44. The quantitative estimate of drug-likeness (QED) is 0.456. The number of piperidine rings is 1. The van der Waals surface area contributed by atoms with Crippen molar-refractivity contribution in [2.45, 2.75) is 18.9 Å². The van der Waals surface area contributed by atoms with Crippen molar-refractivity contribution < 1.29 is 19.1 Å². The highest BCUT2D eigenvalue weighted by Crippen LogP contribution is 2.27. The first-order chi connectivity index (χ1) is 16.0. The van der Waals surface area contributed by atoms with Gasteiger partial charge in [-0.3, -0.25) is 14.5 Å². The Morgan fingerprint density at radius 3 is 2.45 bits per heavy atom. The van der Waals surface area contributed by atoms with E-state index in [0.29, 0.717) is 31.6 Å². The molecule has 3 N–H and O–H groups in total. The summed E-state index contributed by atoms with van der Waals surface area (Å²) in [6.45, 7) is 1.50. The summed E-state index contributed by atoms with van der Waals surface area (Å²) in [7, 11) is 0. The third kappa shape index (κ3) is 5.97. The van der Waals surface area contributed by atoms with Gasteiger partial charge in [-0.25, -0.2) is 4.39 Å². The first-order valence-corrected chi connectivity index (χ1v) is 11.8. The minimum absolute atomic E-state index is 0.0430. The van der Waals surface area contributed by atoms with Crippen LogP contribution >= 0.6 is 11.3 Å². The van der Waals surface area contributed by atoms with E-state index in [1.54, 1.807) is 30.3 Å². The van der Waals surface area contributed by atoms with E-state index in [0.717, 1.165) is 10.4 Å². The minimum atomic E-state index is -0.333. The molecule has 0 radical (unpaired) electrons. The number of nitrogens with one attached hydrogen (secondary N) is 2. The fourth-order valence-electron chi connectivity index (χ4n) is 4.01. The predicted molar refractivity (Wildman–Crippen MR) is 127 cm³/mol. The van der Waals surface area contributed by atoms with E-state index in [9.17, 15) is 19.1 Å². The van der Waals surface area contributed by atoms with Crippen LogP contribution < -0.4 is 10.6 Å². The highest BCUT2D eigenvalue weighted by Gasteiger charge is 2.27. The Morgan fingerprint density at radius 1 is 1.06 bits per heavy atom. The van der Waals surface area contributed by atoms with Gasteiger partial charge in [0.1, 0.15) is 11.6 Å². The number of carbonyl (C=O) groups excluding carboxylic acids is 2. The van der Waals surface area contributed by atoms with E-state index in [4.69, 9.17) is 0 Å². The molecule has 2 amide bonds. The van der Waals surface area contributed by atoms with Crippen molar-refractivity contribution in [2.75, 3.05) is 25.0 Å². The van der Waals surface area contributed by atoms with Gasteiger partial charge in [0.15, 0.2) is 0 Å². The van der Waals surface area contributed by atoms with E-state index in [1.807, 2.05) is 22.4 Å². The molecule has 0 unspecified atom stereocenters. The average molecular weight is 468 g/mol. The van der Waals surface area contributed by atoms with Gasteiger partial charge in [-0.1, -0.05) is 30.3 Å². The molecule has 0 aliphatic carbocycles. The smallest absolute Gasteiger partial charge is 0.234 e. The van der Waals surface area contributed by atoms with Crippen LogP contribution in [0.1, 0.15) is 29.3 Å². The lowest BCUT2D eigenvalue weighted by atomic mass is 9.95. The maximum absolute atomic E-state index is 13.4. The van der Waals surface area contributed by atoms with Crippen LogP contribution in [0.4, 0.5) is 10.1 Å². The number of anilines is 1. The van der Waals surface area contributed by atoms with Crippen molar-refractivity contribution in [2.24, 2.45) is 5.92 Å². The number of carbonyl (C=O) groups is 2. The number of halogens is 1. The molecule has 1 aliphatic rings. The number of hydrogen-bond acceptors (Lipinski definition) is 5. The van der Waals surface area contributed by atoms with Crippen molar-refractivity contribution in [1.29, 1.82) is 0 Å². The van der Waals surface area contributed by atoms with E-state index in [1.165, 1.54) is 29.5 Å². The molecule has 1 saturated heterocycles. The molecule has 8 heteroatoms. The molecule has 4 rings (SSSR count). The van der Waals surface area contributed by atoms with Gasteiger partial charge < -0.3 is 15.7 Å². The molecule has 33 heavy (non-hydrogen) atoms. The normalized spacial score (nSPS) is 15.7. The van der Waals surface area contributed by atoms with Crippen LogP contribution in [0.3, 0.4) is 0 Å². The molecule has 172 valence electrons. The third-order valence-corrected chi connectivity index (χ3v) is 6.76. The van der Waals surface area contributed by atoms with Crippen LogP contribution in [0.15, 0.2) is 66.0 Å². The maximum atomic E-state index is 13.4. The fourth-order valence-corrected chi connectivity index (χ4v) is 4.81. The van der Waals surface area contributed by atoms with Crippen LogP contribution in [-0.2, 0) is 9.59 Å². The Bertz CT molecular complexity index is 1080. The van der Waals surface area contributed by atoms with E-state index >= 15 is 0 Å². The molecule has 2 aromatic carbocycles. The summed E-state index contributed by atoms with van der Waals surface area (Å²) in [4.78, 5) is 28.4. The highest BCUT2D eigenvalue weighted by atomic mass is 32.1. The number of aromatic hydroxyl groups is 1.